The fourth-order valence-electron chi connectivity index (χ4n) is 0.625. The van der Waals surface area contributed by atoms with Crippen molar-refractivity contribution in [2.75, 3.05) is 12.4 Å². The third kappa shape index (κ3) is 1.86. The number of anilines is 1. The van der Waals surface area contributed by atoms with Gasteiger partial charge in [-0.3, -0.25) is 0 Å². The van der Waals surface area contributed by atoms with Crippen molar-refractivity contribution < 1.29 is 13.2 Å². The van der Waals surface area contributed by atoms with E-state index in [1.165, 1.54) is 6.07 Å². The number of nitrogens with one attached hydrogen (secondary N) is 1. The molecule has 0 unspecified atom stereocenters. The number of rotatable bonds is 1. The number of hydrogen-bond donors (Lipinski definition) is 1. The molecule has 0 aliphatic carbocycles. The lowest BCUT2D eigenvalue weighted by atomic mass is 10.4. The predicted molar refractivity (Wildman–Crippen MR) is 38.9 cm³/mol. The first kappa shape index (κ1) is 8.39. The Morgan fingerprint density at radius 2 is 2.00 bits per heavy atom. The lowest BCUT2D eigenvalue weighted by molar-refractivity contribution is -0.134. The van der Waals surface area contributed by atoms with Crippen LogP contribution in [-0.2, 0) is 6.18 Å². The zero-order valence-electron chi connectivity index (χ0n) is 5.70. The molecule has 0 aliphatic heterocycles. The molecule has 0 atom stereocenters. The normalized spacial score (nSPS) is 11.6. The highest BCUT2D eigenvalue weighted by Gasteiger charge is 2.32. The molecule has 1 aromatic heterocycles. The predicted octanol–water partition coefficient (Wildman–Crippen LogP) is 2.81. The highest BCUT2D eigenvalue weighted by Crippen LogP contribution is 2.36. The molecular formula is C6H6F3NS. The molecule has 0 bridgehead atoms. The monoisotopic (exact) mass is 181 g/mol. The topological polar surface area (TPSA) is 12.0 Å². The maximum Gasteiger partial charge on any atom is 0.425 e. The Labute approximate surface area is 65.8 Å². The van der Waals surface area contributed by atoms with Crippen LogP contribution in [0.3, 0.4) is 0 Å². The minimum Gasteiger partial charge on any atom is -0.380 e. The summed E-state index contributed by atoms with van der Waals surface area (Å²) >= 11 is 0.704. The third-order valence-corrected chi connectivity index (χ3v) is 2.28. The van der Waals surface area contributed by atoms with Crippen LogP contribution in [0.2, 0.25) is 0 Å². The molecule has 1 N–H and O–H groups in total. The fraction of sp³-hybridized carbons (Fsp3) is 0.333. The molecular weight excluding hydrogens is 175 g/mol. The van der Waals surface area contributed by atoms with Gasteiger partial charge in [0.15, 0.2) is 0 Å². The lowest BCUT2D eigenvalue weighted by Gasteiger charge is -2.00. The molecule has 0 spiro atoms. The van der Waals surface area contributed by atoms with E-state index < -0.39 is 11.1 Å². The van der Waals surface area contributed by atoms with E-state index in [2.05, 4.69) is 5.32 Å². The van der Waals surface area contributed by atoms with E-state index in [0.29, 0.717) is 16.3 Å². The molecule has 62 valence electrons. The molecule has 1 heterocycles. The van der Waals surface area contributed by atoms with Crippen molar-refractivity contribution in [1.82, 2.24) is 0 Å². The first-order chi connectivity index (χ1) is 5.04. The van der Waals surface area contributed by atoms with Crippen molar-refractivity contribution in [1.29, 1.82) is 0 Å². The minimum absolute atomic E-state index is 0.525. The Bertz CT molecular complexity index is 240. The van der Waals surface area contributed by atoms with E-state index in [0.717, 1.165) is 6.07 Å². The van der Waals surface area contributed by atoms with Crippen LogP contribution in [0.5, 0.6) is 0 Å². The van der Waals surface area contributed by atoms with Crippen molar-refractivity contribution in [2.45, 2.75) is 6.18 Å². The van der Waals surface area contributed by atoms with Crippen LogP contribution in [-0.4, -0.2) is 7.05 Å². The van der Waals surface area contributed by atoms with Crippen molar-refractivity contribution in [2.24, 2.45) is 0 Å². The van der Waals surface area contributed by atoms with Gasteiger partial charge in [0, 0.05) is 7.05 Å². The number of halogens is 3. The molecule has 1 nitrogen and oxygen atoms in total. The van der Waals surface area contributed by atoms with Crippen LogP contribution in [0.25, 0.3) is 0 Å². The van der Waals surface area contributed by atoms with E-state index >= 15 is 0 Å². The van der Waals surface area contributed by atoms with Gasteiger partial charge in [-0.1, -0.05) is 0 Å². The molecule has 0 aromatic carbocycles. The van der Waals surface area contributed by atoms with Crippen LogP contribution < -0.4 is 5.32 Å². The standard InChI is InChI=1S/C6H6F3NS/c1-10-5-3-2-4(11-5)6(7,8)9/h2-3,10H,1H3. The van der Waals surface area contributed by atoms with E-state index in [9.17, 15) is 13.2 Å². The zero-order chi connectivity index (χ0) is 8.48. The van der Waals surface area contributed by atoms with Crippen LogP contribution >= 0.6 is 11.3 Å². The van der Waals surface area contributed by atoms with Crippen LogP contribution in [0.15, 0.2) is 12.1 Å². The Morgan fingerprint density at radius 1 is 1.36 bits per heavy atom. The second kappa shape index (κ2) is 2.73. The highest BCUT2D eigenvalue weighted by molar-refractivity contribution is 7.16. The summed E-state index contributed by atoms with van der Waals surface area (Å²) in [5.41, 5.74) is 0. The Balaban J connectivity index is 2.89. The van der Waals surface area contributed by atoms with Gasteiger partial charge < -0.3 is 5.32 Å². The second-order valence-electron chi connectivity index (χ2n) is 1.91. The van der Waals surface area contributed by atoms with Gasteiger partial charge in [-0.25, -0.2) is 0 Å². The molecule has 0 saturated heterocycles. The van der Waals surface area contributed by atoms with Gasteiger partial charge >= 0.3 is 6.18 Å². The summed E-state index contributed by atoms with van der Waals surface area (Å²) in [7, 11) is 1.59. The quantitative estimate of drug-likeness (QED) is 0.702. The van der Waals surface area contributed by atoms with Gasteiger partial charge in [0.2, 0.25) is 0 Å². The summed E-state index contributed by atoms with van der Waals surface area (Å²) in [4.78, 5) is -0.568. The van der Waals surface area contributed by atoms with Gasteiger partial charge in [0.1, 0.15) is 4.88 Å². The van der Waals surface area contributed by atoms with Gasteiger partial charge in [-0.05, 0) is 12.1 Å². The Morgan fingerprint density at radius 3 is 2.27 bits per heavy atom. The van der Waals surface area contributed by atoms with Gasteiger partial charge in [-0.2, -0.15) is 13.2 Å². The summed E-state index contributed by atoms with van der Waals surface area (Å²) in [6, 6.07) is 2.48. The van der Waals surface area contributed by atoms with Crippen molar-refractivity contribution in [3.05, 3.63) is 17.0 Å². The summed E-state index contributed by atoms with van der Waals surface area (Å²) in [6.07, 6.45) is -4.21. The van der Waals surface area contributed by atoms with E-state index in [-0.39, 0.29) is 0 Å². The van der Waals surface area contributed by atoms with Gasteiger partial charge in [0.05, 0.1) is 5.00 Å². The van der Waals surface area contributed by atoms with E-state index in [1.54, 1.807) is 7.05 Å². The van der Waals surface area contributed by atoms with E-state index in [1.807, 2.05) is 0 Å². The van der Waals surface area contributed by atoms with Crippen LogP contribution in [0.4, 0.5) is 18.2 Å². The minimum atomic E-state index is -4.21. The molecule has 0 aliphatic rings. The maximum atomic E-state index is 11.9. The molecule has 5 heteroatoms. The van der Waals surface area contributed by atoms with Gasteiger partial charge in [0.25, 0.3) is 0 Å². The molecule has 0 amide bonds. The second-order valence-corrected chi connectivity index (χ2v) is 3.00. The Hall–Kier alpha value is -0.710. The zero-order valence-corrected chi connectivity index (χ0v) is 6.51. The highest BCUT2D eigenvalue weighted by atomic mass is 32.1. The summed E-state index contributed by atoms with van der Waals surface area (Å²) in [6.45, 7) is 0. The summed E-state index contributed by atoms with van der Waals surface area (Å²) < 4.78 is 35.8. The van der Waals surface area contributed by atoms with Crippen molar-refractivity contribution >= 4 is 16.3 Å². The summed E-state index contributed by atoms with van der Waals surface area (Å²) in [5.74, 6) is 0. The number of alkyl halides is 3. The number of hydrogen-bond acceptors (Lipinski definition) is 2. The van der Waals surface area contributed by atoms with Crippen molar-refractivity contribution in [3.8, 4) is 0 Å². The smallest absolute Gasteiger partial charge is 0.380 e. The molecule has 0 saturated carbocycles. The van der Waals surface area contributed by atoms with Crippen molar-refractivity contribution in [3.63, 3.8) is 0 Å². The largest absolute Gasteiger partial charge is 0.425 e. The average molecular weight is 181 g/mol. The first-order valence-electron chi connectivity index (χ1n) is 2.89. The molecule has 0 fully saturated rings. The fourth-order valence-corrected chi connectivity index (χ4v) is 1.35. The average Bonchev–Trinajstić information content (AvgIpc) is 2.32. The summed E-state index contributed by atoms with van der Waals surface area (Å²) in [5, 5.41) is 3.16. The third-order valence-electron chi connectivity index (χ3n) is 1.13. The van der Waals surface area contributed by atoms with Crippen LogP contribution in [0, 0.1) is 0 Å². The van der Waals surface area contributed by atoms with Gasteiger partial charge in [-0.15, -0.1) is 11.3 Å². The van der Waals surface area contributed by atoms with E-state index in [4.69, 9.17) is 0 Å². The molecule has 1 aromatic rings. The lowest BCUT2D eigenvalue weighted by Crippen LogP contribution is -2.00. The Kier molecular flexibility index (Phi) is 2.08. The number of thiophene rings is 1. The SMILES string of the molecule is CNc1ccc(C(F)(F)F)s1. The van der Waals surface area contributed by atoms with Crippen LogP contribution in [0.1, 0.15) is 4.88 Å². The molecule has 0 radical (unpaired) electrons. The maximum absolute atomic E-state index is 11.9. The first-order valence-corrected chi connectivity index (χ1v) is 3.70. The molecule has 11 heavy (non-hydrogen) atoms. The molecule has 1 rings (SSSR count).